The molecular formula is C22H29FN2O4S. The maximum atomic E-state index is 12.9. The first-order chi connectivity index (χ1) is 14.3. The van der Waals surface area contributed by atoms with Crippen LogP contribution >= 0.6 is 0 Å². The Kier molecular flexibility index (Phi) is 9.11. The molecule has 0 saturated heterocycles. The average molecular weight is 437 g/mol. The monoisotopic (exact) mass is 436 g/mol. The van der Waals surface area contributed by atoms with E-state index in [1.807, 2.05) is 6.92 Å². The van der Waals surface area contributed by atoms with Gasteiger partial charge in [0.05, 0.1) is 18.6 Å². The van der Waals surface area contributed by atoms with E-state index in [0.29, 0.717) is 31.0 Å². The van der Waals surface area contributed by atoms with Crippen molar-refractivity contribution in [2.24, 2.45) is 0 Å². The molecule has 164 valence electrons. The first-order valence-electron chi connectivity index (χ1n) is 10.0. The highest BCUT2D eigenvalue weighted by atomic mass is 32.2. The summed E-state index contributed by atoms with van der Waals surface area (Å²) in [6, 6.07) is 13.2. The molecule has 1 amide bonds. The predicted molar refractivity (Wildman–Crippen MR) is 117 cm³/mol. The Morgan fingerprint density at radius 2 is 1.73 bits per heavy atom. The fraction of sp³-hybridized carbons (Fsp3) is 0.409. The van der Waals surface area contributed by atoms with Gasteiger partial charge in [-0.2, -0.15) is 0 Å². The SMILES string of the molecule is CCOc1ccc(N(CCCC(=O)NCCCc2ccc(F)cc2)S(C)(=O)=O)cc1. The number of halogens is 1. The van der Waals surface area contributed by atoms with E-state index in [1.165, 1.54) is 16.4 Å². The van der Waals surface area contributed by atoms with Gasteiger partial charge in [0.15, 0.2) is 0 Å². The van der Waals surface area contributed by atoms with Crippen molar-refractivity contribution in [1.29, 1.82) is 0 Å². The van der Waals surface area contributed by atoms with Crippen LogP contribution in [0.5, 0.6) is 5.75 Å². The molecule has 0 fully saturated rings. The number of rotatable bonds is 12. The first kappa shape index (κ1) is 23.7. The van der Waals surface area contributed by atoms with Crippen molar-refractivity contribution in [3.63, 3.8) is 0 Å². The molecule has 0 aliphatic carbocycles. The second kappa shape index (κ2) is 11.5. The van der Waals surface area contributed by atoms with E-state index < -0.39 is 10.0 Å². The van der Waals surface area contributed by atoms with E-state index in [4.69, 9.17) is 4.74 Å². The third kappa shape index (κ3) is 8.02. The lowest BCUT2D eigenvalue weighted by atomic mass is 10.1. The van der Waals surface area contributed by atoms with Crippen molar-refractivity contribution in [3.05, 3.63) is 59.9 Å². The minimum atomic E-state index is -3.46. The van der Waals surface area contributed by atoms with Crippen LogP contribution in [0.15, 0.2) is 48.5 Å². The summed E-state index contributed by atoms with van der Waals surface area (Å²) < 4.78 is 43.9. The van der Waals surface area contributed by atoms with E-state index in [1.54, 1.807) is 36.4 Å². The van der Waals surface area contributed by atoms with Crippen LogP contribution in [0.25, 0.3) is 0 Å². The zero-order valence-corrected chi connectivity index (χ0v) is 18.3. The Hall–Kier alpha value is -2.61. The highest BCUT2D eigenvalue weighted by Gasteiger charge is 2.17. The fourth-order valence-corrected chi connectivity index (χ4v) is 3.97. The molecule has 0 saturated carbocycles. The summed E-state index contributed by atoms with van der Waals surface area (Å²) in [5.41, 5.74) is 1.56. The second-order valence-electron chi connectivity index (χ2n) is 6.95. The van der Waals surface area contributed by atoms with Gasteiger partial charge in [0.1, 0.15) is 11.6 Å². The Morgan fingerprint density at radius 1 is 1.07 bits per heavy atom. The van der Waals surface area contributed by atoms with Gasteiger partial charge in [-0.3, -0.25) is 9.10 Å². The number of benzene rings is 2. The summed E-state index contributed by atoms with van der Waals surface area (Å²) in [4.78, 5) is 12.0. The molecule has 2 aromatic carbocycles. The maximum absolute atomic E-state index is 12.9. The lowest BCUT2D eigenvalue weighted by Gasteiger charge is -2.22. The number of carbonyl (C=O) groups excluding carboxylic acids is 1. The van der Waals surface area contributed by atoms with Gasteiger partial charge in [-0.1, -0.05) is 12.1 Å². The van der Waals surface area contributed by atoms with Gasteiger partial charge in [0.25, 0.3) is 0 Å². The molecule has 0 aromatic heterocycles. The number of carbonyl (C=O) groups is 1. The minimum Gasteiger partial charge on any atom is -0.494 e. The fourth-order valence-electron chi connectivity index (χ4n) is 3.00. The smallest absolute Gasteiger partial charge is 0.232 e. The van der Waals surface area contributed by atoms with E-state index in [2.05, 4.69) is 5.32 Å². The Balaban J connectivity index is 1.76. The van der Waals surface area contributed by atoms with Crippen LogP contribution in [-0.4, -0.2) is 40.3 Å². The van der Waals surface area contributed by atoms with Crippen molar-refractivity contribution >= 4 is 21.6 Å². The van der Waals surface area contributed by atoms with Crippen LogP contribution in [-0.2, 0) is 21.2 Å². The van der Waals surface area contributed by atoms with Gasteiger partial charge in [-0.15, -0.1) is 0 Å². The molecule has 0 unspecified atom stereocenters. The van der Waals surface area contributed by atoms with Crippen molar-refractivity contribution in [3.8, 4) is 5.75 Å². The highest BCUT2D eigenvalue weighted by molar-refractivity contribution is 7.92. The van der Waals surface area contributed by atoms with Crippen LogP contribution in [0, 0.1) is 5.82 Å². The number of anilines is 1. The third-order valence-corrected chi connectivity index (χ3v) is 5.67. The number of nitrogens with one attached hydrogen (secondary N) is 1. The van der Waals surface area contributed by atoms with E-state index in [9.17, 15) is 17.6 Å². The maximum Gasteiger partial charge on any atom is 0.232 e. The number of aryl methyl sites for hydroxylation is 1. The summed E-state index contributed by atoms with van der Waals surface area (Å²) in [6.07, 6.45) is 3.29. The van der Waals surface area contributed by atoms with E-state index in [-0.39, 0.29) is 24.7 Å². The van der Waals surface area contributed by atoms with Crippen molar-refractivity contribution < 1.29 is 22.3 Å². The van der Waals surface area contributed by atoms with Crippen LogP contribution < -0.4 is 14.4 Å². The van der Waals surface area contributed by atoms with Crippen molar-refractivity contribution in [2.75, 3.05) is 30.3 Å². The molecule has 0 atom stereocenters. The topological polar surface area (TPSA) is 75.7 Å². The number of hydrogen-bond acceptors (Lipinski definition) is 4. The van der Waals surface area contributed by atoms with Gasteiger partial charge < -0.3 is 10.1 Å². The van der Waals surface area contributed by atoms with Gasteiger partial charge >= 0.3 is 0 Å². The normalized spacial score (nSPS) is 11.2. The van der Waals surface area contributed by atoms with Gasteiger partial charge in [0, 0.05) is 19.5 Å². The molecule has 8 heteroatoms. The largest absolute Gasteiger partial charge is 0.494 e. The molecule has 0 heterocycles. The Labute approximate surface area is 178 Å². The molecule has 2 aromatic rings. The summed E-state index contributed by atoms with van der Waals surface area (Å²) in [6.45, 7) is 3.15. The van der Waals surface area contributed by atoms with E-state index >= 15 is 0 Å². The van der Waals surface area contributed by atoms with Crippen LogP contribution in [0.2, 0.25) is 0 Å². The van der Waals surface area contributed by atoms with E-state index in [0.717, 1.165) is 24.7 Å². The van der Waals surface area contributed by atoms with Crippen LogP contribution in [0.1, 0.15) is 31.7 Å². The Morgan fingerprint density at radius 3 is 2.33 bits per heavy atom. The zero-order chi connectivity index (χ0) is 22.0. The number of ether oxygens (including phenoxy) is 1. The summed E-state index contributed by atoms with van der Waals surface area (Å²) in [5.74, 6) is 0.296. The van der Waals surface area contributed by atoms with Gasteiger partial charge in [-0.25, -0.2) is 12.8 Å². The quantitative estimate of drug-likeness (QED) is 0.517. The summed E-state index contributed by atoms with van der Waals surface area (Å²) in [5, 5.41) is 2.84. The summed E-state index contributed by atoms with van der Waals surface area (Å²) >= 11 is 0. The van der Waals surface area contributed by atoms with Gasteiger partial charge in [-0.05, 0) is 68.1 Å². The molecular weight excluding hydrogens is 407 g/mol. The van der Waals surface area contributed by atoms with Gasteiger partial charge in [0.2, 0.25) is 15.9 Å². The van der Waals surface area contributed by atoms with Crippen LogP contribution in [0.3, 0.4) is 0 Å². The standard InChI is InChI=1S/C22H29FN2O4S/c1-3-29-21-14-12-20(13-15-21)25(30(2,27)28)17-5-7-22(26)24-16-4-6-18-8-10-19(23)11-9-18/h8-15H,3-7,16-17H2,1-2H3,(H,24,26). The average Bonchev–Trinajstić information content (AvgIpc) is 2.70. The molecule has 1 N–H and O–H groups in total. The second-order valence-corrected chi connectivity index (χ2v) is 8.85. The first-order valence-corrected chi connectivity index (χ1v) is 11.9. The Bertz CT molecular complexity index is 900. The molecule has 0 radical (unpaired) electrons. The molecule has 30 heavy (non-hydrogen) atoms. The number of sulfonamides is 1. The lowest BCUT2D eigenvalue weighted by Crippen LogP contribution is -2.32. The van der Waals surface area contributed by atoms with Crippen LogP contribution in [0.4, 0.5) is 10.1 Å². The predicted octanol–water partition coefficient (Wildman–Crippen LogP) is 3.52. The number of nitrogens with zero attached hydrogens (tertiary/aromatic N) is 1. The highest BCUT2D eigenvalue weighted by Crippen LogP contribution is 2.22. The number of hydrogen-bond donors (Lipinski definition) is 1. The molecule has 0 aliphatic heterocycles. The lowest BCUT2D eigenvalue weighted by molar-refractivity contribution is -0.121. The molecule has 2 rings (SSSR count). The molecule has 0 spiro atoms. The molecule has 0 bridgehead atoms. The third-order valence-electron chi connectivity index (χ3n) is 4.48. The molecule has 0 aliphatic rings. The summed E-state index contributed by atoms with van der Waals surface area (Å²) in [7, 11) is -3.46. The minimum absolute atomic E-state index is 0.116. The molecule has 6 nitrogen and oxygen atoms in total. The zero-order valence-electron chi connectivity index (χ0n) is 17.4. The van der Waals surface area contributed by atoms with Crippen molar-refractivity contribution in [1.82, 2.24) is 5.32 Å². The van der Waals surface area contributed by atoms with Crippen molar-refractivity contribution in [2.45, 2.75) is 32.6 Å². The number of amides is 1.